The summed E-state index contributed by atoms with van der Waals surface area (Å²) in [6, 6.07) is 5.39. The highest BCUT2D eigenvalue weighted by atomic mass is 19.3. The maximum Gasteiger partial charge on any atom is 0.272 e. The van der Waals surface area contributed by atoms with Crippen molar-refractivity contribution in [3.8, 4) is 11.4 Å². The molecule has 0 fully saturated rings. The molecule has 0 aliphatic carbocycles. The van der Waals surface area contributed by atoms with Crippen LogP contribution in [0.25, 0.3) is 5.69 Å². The third-order valence-corrected chi connectivity index (χ3v) is 3.74. The number of carbonyl (C=O) groups is 2. The zero-order chi connectivity index (χ0) is 18.3. The van der Waals surface area contributed by atoms with E-state index in [2.05, 4.69) is 5.32 Å². The summed E-state index contributed by atoms with van der Waals surface area (Å²) in [5, 5.41) is 2.08. The molecule has 0 bridgehead atoms. The van der Waals surface area contributed by atoms with Crippen molar-refractivity contribution in [3.05, 3.63) is 51.3 Å². The number of nitrogens with one attached hydrogen (secondary N) is 1. The first kappa shape index (κ1) is 16.6. The van der Waals surface area contributed by atoms with Crippen LogP contribution in [0, 0.1) is 6.92 Å². The number of alkyl halides is 2. The predicted molar refractivity (Wildman–Crippen MR) is 84.5 cm³/mol. The molecule has 0 saturated carbocycles. The zero-order valence-electron chi connectivity index (χ0n) is 13.0. The molecule has 25 heavy (non-hydrogen) atoms. The Labute approximate surface area is 140 Å². The summed E-state index contributed by atoms with van der Waals surface area (Å²) in [6.45, 7) is 0.886. The van der Waals surface area contributed by atoms with Gasteiger partial charge in [-0.2, -0.15) is 0 Å². The van der Waals surface area contributed by atoms with Gasteiger partial charge in [-0.1, -0.05) is 0 Å². The minimum atomic E-state index is -2.61. The Morgan fingerprint density at radius 2 is 1.92 bits per heavy atom. The topological polar surface area (TPSA) is 103 Å². The zero-order valence-corrected chi connectivity index (χ0v) is 13.0. The van der Waals surface area contributed by atoms with E-state index in [-0.39, 0.29) is 22.7 Å². The number of aryl methyl sites for hydroxylation is 1. The quantitative estimate of drug-likeness (QED) is 0.809. The molecule has 2 heterocycles. The number of ether oxygens (including phenoxy) is 1. The second-order valence-electron chi connectivity index (χ2n) is 5.43. The first-order chi connectivity index (χ1) is 11.8. The van der Waals surface area contributed by atoms with Gasteiger partial charge in [-0.15, -0.1) is 0 Å². The van der Waals surface area contributed by atoms with Crippen molar-refractivity contribution in [2.45, 2.75) is 13.3 Å². The lowest BCUT2D eigenvalue weighted by molar-refractivity contribution is 0.0818. The molecule has 1 aliphatic rings. The molecule has 2 aromatic rings. The molecule has 0 unspecified atom stereocenters. The highest BCUT2D eigenvalue weighted by Crippen LogP contribution is 2.26. The number of hydrogen-bond acceptors (Lipinski definition) is 5. The number of carbonyl (C=O) groups excluding carboxylic acids is 2. The van der Waals surface area contributed by atoms with Gasteiger partial charge < -0.3 is 10.5 Å². The van der Waals surface area contributed by atoms with Crippen LogP contribution in [0.1, 0.15) is 26.3 Å². The fourth-order valence-electron chi connectivity index (χ4n) is 2.66. The number of rotatable bonds is 4. The number of fused-ring (bicyclic) bond motifs is 1. The Morgan fingerprint density at radius 1 is 1.20 bits per heavy atom. The van der Waals surface area contributed by atoms with Crippen LogP contribution in [-0.2, 0) is 0 Å². The number of aromatic nitrogens is 1. The number of amides is 2. The lowest BCUT2D eigenvalue weighted by Crippen LogP contribution is -2.24. The van der Waals surface area contributed by atoms with Gasteiger partial charge in [-0.05, 0) is 30.7 Å². The van der Waals surface area contributed by atoms with Crippen LogP contribution in [0.15, 0.2) is 29.1 Å². The van der Waals surface area contributed by atoms with E-state index in [9.17, 15) is 23.2 Å². The Kier molecular flexibility index (Phi) is 3.99. The number of anilines is 1. The second kappa shape index (κ2) is 6.00. The molecule has 1 aromatic heterocycles. The van der Waals surface area contributed by atoms with Crippen molar-refractivity contribution < 1.29 is 23.1 Å². The highest BCUT2D eigenvalue weighted by molar-refractivity contribution is 6.23. The summed E-state index contributed by atoms with van der Waals surface area (Å²) < 4.78 is 30.4. The largest absolute Gasteiger partial charge is 0.488 e. The average Bonchev–Trinajstić information content (AvgIpc) is 2.81. The first-order valence-electron chi connectivity index (χ1n) is 7.22. The number of nitrogen functional groups attached to an aromatic ring is 1. The van der Waals surface area contributed by atoms with E-state index in [0.717, 1.165) is 10.6 Å². The van der Waals surface area contributed by atoms with Crippen LogP contribution < -0.4 is 21.3 Å². The third-order valence-electron chi connectivity index (χ3n) is 3.74. The van der Waals surface area contributed by atoms with Gasteiger partial charge in [0, 0.05) is 6.07 Å². The number of halogens is 2. The molecule has 3 N–H and O–H groups in total. The van der Waals surface area contributed by atoms with E-state index in [4.69, 9.17) is 10.5 Å². The lowest BCUT2D eigenvalue weighted by Gasteiger charge is -2.15. The summed E-state index contributed by atoms with van der Waals surface area (Å²) in [5.41, 5.74) is 6.08. The minimum absolute atomic E-state index is 0.0676. The highest BCUT2D eigenvalue weighted by Gasteiger charge is 2.32. The predicted octanol–water partition coefficient (Wildman–Crippen LogP) is 1.26. The maximum atomic E-state index is 12.4. The molecule has 2 amide bonds. The maximum absolute atomic E-state index is 12.4. The van der Waals surface area contributed by atoms with Crippen LogP contribution in [0.3, 0.4) is 0 Å². The van der Waals surface area contributed by atoms with Gasteiger partial charge in [0.05, 0.1) is 16.8 Å². The van der Waals surface area contributed by atoms with E-state index in [0.29, 0.717) is 11.3 Å². The van der Waals surface area contributed by atoms with Crippen molar-refractivity contribution in [1.29, 1.82) is 0 Å². The molecular weight excluding hydrogens is 336 g/mol. The monoisotopic (exact) mass is 349 g/mol. The number of benzene rings is 1. The molecule has 130 valence electrons. The molecule has 9 heteroatoms. The van der Waals surface area contributed by atoms with Gasteiger partial charge in [0.25, 0.3) is 23.8 Å². The molecule has 1 aromatic carbocycles. The Morgan fingerprint density at radius 3 is 2.56 bits per heavy atom. The Balaban J connectivity index is 2.09. The van der Waals surface area contributed by atoms with Gasteiger partial charge in [0.15, 0.2) is 0 Å². The Bertz CT molecular complexity index is 953. The van der Waals surface area contributed by atoms with Crippen LogP contribution in [0.2, 0.25) is 0 Å². The van der Waals surface area contributed by atoms with Crippen LogP contribution in [-0.4, -0.2) is 29.4 Å². The fourth-order valence-corrected chi connectivity index (χ4v) is 2.66. The van der Waals surface area contributed by atoms with Gasteiger partial charge in [-0.3, -0.25) is 24.3 Å². The van der Waals surface area contributed by atoms with Crippen molar-refractivity contribution in [2.24, 2.45) is 0 Å². The summed E-state index contributed by atoms with van der Waals surface area (Å²) in [7, 11) is 0. The molecule has 1 aliphatic heterocycles. The normalized spacial score (nSPS) is 13.1. The van der Waals surface area contributed by atoms with Gasteiger partial charge in [0.1, 0.15) is 18.2 Å². The van der Waals surface area contributed by atoms with Gasteiger partial charge in [0.2, 0.25) is 0 Å². The van der Waals surface area contributed by atoms with Crippen LogP contribution >= 0.6 is 0 Å². The number of imide groups is 1. The minimum Gasteiger partial charge on any atom is -0.488 e. The molecule has 0 radical (unpaired) electrons. The van der Waals surface area contributed by atoms with Crippen LogP contribution in [0.4, 0.5) is 14.6 Å². The number of hydrogen-bond donors (Lipinski definition) is 2. The summed E-state index contributed by atoms with van der Waals surface area (Å²) in [6.07, 6.45) is -2.61. The number of pyridine rings is 1. The average molecular weight is 349 g/mol. The SMILES string of the molecule is Cc1cc(OCC(F)F)ccc1-n1c(N)c2c(cc1=O)C(=O)NC2=O. The molecule has 0 spiro atoms. The number of nitrogens with two attached hydrogens (primary N) is 1. The second-order valence-corrected chi connectivity index (χ2v) is 5.43. The van der Waals surface area contributed by atoms with Crippen molar-refractivity contribution in [2.75, 3.05) is 12.3 Å². The van der Waals surface area contributed by atoms with Crippen LogP contribution in [0.5, 0.6) is 5.75 Å². The fraction of sp³-hybridized carbons (Fsp3) is 0.188. The standard InChI is InChI=1S/C16H13F2N3O4/c1-7-4-8(25-6-11(17)18)2-3-10(7)21-12(22)5-9-13(14(21)19)16(24)20-15(9)23/h2-5,11H,6,19H2,1H3,(H,20,23,24). The summed E-state index contributed by atoms with van der Waals surface area (Å²) in [5.74, 6) is -1.32. The van der Waals surface area contributed by atoms with E-state index in [1.807, 2.05) is 0 Å². The molecule has 7 nitrogen and oxygen atoms in total. The van der Waals surface area contributed by atoms with Crippen molar-refractivity contribution in [1.82, 2.24) is 9.88 Å². The van der Waals surface area contributed by atoms with Crippen molar-refractivity contribution in [3.63, 3.8) is 0 Å². The summed E-state index contributed by atoms with van der Waals surface area (Å²) >= 11 is 0. The van der Waals surface area contributed by atoms with E-state index >= 15 is 0 Å². The first-order valence-corrected chi connectivity index (χ1v) is 7.22. The molecule has 0 atom stereocenters. The number of nitrogens with zero attached hydrogens (tertiary/aromatic N) is 1. The lowest BCUT2D eigenvalue weighted by atomic mass is 10.1. The smallest absolute Gasteiger partial charge is 0.272 e. The van der Waals surface area contributed by atoms with Crippen molar-refractivity contribution >= 4 is 17.6 Å². The van der Waals surface area contributed by atoms with E-state index < -0.39 is 30.4 Å². The van der Waals surface area contributed by atoms with Gasteiger partial charge in [-0.25, -0.2) is 8.78 Å². The Hall–Kier alpha value is -3.23. The summed E-state index contributed by atoms with van der Waals surface area (Å²) in [4.78, 5) is 35.9. The third kappa shape index (κ3) is 2.84. The van der Waals surface area contributed by atoms with E-state index in [1.165, 1.54) is 18.2 Å². The van der Waals surface area contributed by atoms with Gasteiger partial charge >= 0.3 is 0 Å². The molecule has 3 rings (SSSR count). The molecule has 0 saturated heterocycles. The molecular formula is C16H13F2N3O4. The van der Waals surface area contributed by atoms with E-state index in [1.54, 1.807) is 6.92 Å².